The van der Waals surface area contributed by atoms with Gasteiger partial charge in [0.15, 0.2) is 5.78 Å². The minimum Gasteiger partial charge on any atom is -0.496 e. The highest BCUT2D eigenvalue weighted by molar-refractivity contribution is 6.07. The van der Waals surface area contributed by atoms with Gasteiger partial charge in [-0.05, 0) is 63.4 Å². The molecule has 190 valence electrons. The number of aromatic nitrogens is 1. The van der Waals surface area contributed by atoms with Gasteiger partial charge in [0.05, 0.1) is 24.2 Å². The fraction of sp³-hybridized carbons (Fsp3) is 0.333. The van der Waals surface area contributed by atoms with E-state index >= 15 is 0 Å². The van der Waals surface area contributed by atoms with E-state index in [0.717, 1.165) is 33.5 Å². The summed E-state index contributed by atoms with van der Waals surface area (Å²) in [5, 5.41) is 4.43. The highest BCUT2D eigenvalue weighted by atomic mass is 16.5. The number of methoxy groups -OCH3 is 1. The molecule has 0 saturated heterocycles. The van der Waals surface area contributed by atoms with Crippen LogP contribution >= 0.6 is 0 Å². The molecule has 2 atom stereocenters. The van der Waals surface area contributed by atoms with Crippen LogP contribution in [0.5, 0.6) is 5.75 Å². The predicted molar refractivity (Wildman–Crippen MR) is 144 cm³/mol. The molecule has 0 unspecified atom stereocenters. The summed E-state index contributed by atoms with van der Waals surface area (Å²) in [6, 6.07) is 15.9. The molecule has 5 rings (SSSR count). The number of aromatic amines is 1. The van der Waals surface area contributed by atoms with Gasteiger partial charge in [-0.25, -0.2) is 4.79 Å². The number of hydrogen-bond acceptors (Lipinski definition) is 5. The van der Waals surface area contributed by atoms with E-state index in [1.165, 1.54) is 0 Å². The number of ketones is 1. The van der Waals surface area contributed by atoms with Crippen LogP contribution in [0.15, 0.2) is 77.3 Å². The normalized spacial score (nSPS) is 22.1. The van der Waals surface area contributed by atoms with Crippen molar-refractivity contribution in [3.8, 4) is 5.75 Å². The van der Waals surface area contributed by atoms with Gasteiger partial charge < -0.3 is 19.8 Å². The van der Waals surface area contributed by atoms with Gasteiger partial charge in [-0.1, -0.05) is 30.3 Å². The van der Waals surface area contributed by atoms with Gasteiger partial charge in [-0.3, -0.25) is 4.79 Å². The Labute approximate surface area is 214 Å². The lowest BCUT2D eigenvalue weighted by Crippen LogP contribution is -2.45. The number of rotatable bonds is 5. The van der Waals surface area contributed by atoms with Crippen molar-refractivity contribution in [1.29, 1.82) is 0 Å². The van der Waals surface area contributed by atoms with Crippen LogP contribution in [-0.2, 0) is 19.7 Å². The lowest BCUT2D eigenvalue weighted by atomic mass is 9.62. The molecule has 36 heavy (non-hydrogen) atoms. The zero-order valence-electron chi connectivity index (χ0n) is 21.4. The number of nitrogens with one attached hydrogen (secondary N) is 2. The van der Waals surface area contributed by atoms with Crippen molar-refractivity contribution in [2.45, 2.75) is 58.0 Å². The van der Waals surface area contributed by atoms with E-state index in [4.69, 9.17) is 9.47 Å². The van der Waals surface area contributed by atoms with E-state index in [2.05, 4.69) is 10.3 Å². The highest BCUT2D eigenvalue weighted by Crippen LogP contribution is 2.51. The smallest absolute Gasteiger partial charge is 0.337 e. The summed E-state index contributed by atoms with van der Waals surface area (Å²) in [5.74, 6) is 0.376. The van der Waals surface area contributed by atoms with Gasteiger partial charge in [0.25, 0.3) is 0 Å². The Morgan fingerprint density at radius 2 is 1.89 bits per heavy atom. The van der Waals surface area contributed by atoms with Crippen molar-refractivity contribution in [1.82, 2.24) is 10.3 Å². The first kappa shape index (κ1) is 23.9. The molecule has 0 bridgehead atoms. The Bertz CT molecular complexity index is 1440. The van der Waals surface area contributed by atoms with E-state index < -0.39 is 11.4 Å². The second-order valence-electron chi connectivity index (χ2n) is 10.1. The van der Waals surface area contributed by atoms with E-state index in [0.29, 0.717) is 29.7 Å². The fourth-order valence-corrected chi connectivity index (χ4v) is 6.04. The van der Waals surface area contributed by atoms with Crippen LogP contribution in [-0.4, -0.2) is 30.0 Å². The van der Waals surface area contributed by atoms with Crippen molar-refractivity contribution < 1.29 is 21.9 Å². The first-order valence-electron chi connectivity index (χ1n) is 12.4. The predicted octanol–water partition coefficient (Wildman–Crippen LogP) is 6.16. The van der Waals surface area contributed by atoms with Crippen LogP contribution in [0.1, 0.15) is 60.4 Å². The number of esters is 1. The fourth-order valence-electron chi connectivity index (χ4n) is 6.04. The quantitative estimate of drug-likeness (QED) is 0.421. The minimum atomic E-state index is -0.971. The van der Waals surface area contributed by atoms with Gasteiger partial charge in [-0.15, -0.1) is 0 Å². The number of para-hydroxylation sites is 1. The van der Waals surface area contributed by atoms with Crippen molar-refractivity contribution in [2.24, 2.45) is 0 Å². The molecule has 0 radical (unpaired) electrons. The summed E-state index contributed by atoms with van der Waals surface area (Å²) >= 11 is 0. The van der Waals surface area contributed by atoms with Crippen LogP contribution in [0.4, 0.5) is 0 Å². The van der Waals surface area contributed by atoms with Gasteiger partial charge in [0.1, 0.15) is 5.75 Å². The summed E-state index contributed by atoms with van der Waals surface area (Å²) in [7, 11) is 1.65. The zero-order valence-corrected chi connectivity index (χ0v) is 21.4. The van der Waals surface area contributed by atoms with Crippen molar-refractivity contribution >= 4 is 22.7 Å². The van der Waals surface area contributed by atoms with Crippen LogP contribution in [0.2, 0.25) is 0 Å². The van der Waals surface area contributed by atoms with Crippen molar-refractivity contribution in [3.05, 3.63) is 88.4 Å². The van der Waals surface area contributed by atoms with Gasteiger partial charge >= 0.3 is 5.97 Å². The maximum atomic E-state index is 14.1. The molecule has 2 N–H and O–H groups in total. The SMILES string of the molecule is COc1ccccc1[C@H]1CC(=O)C2=C(C1)NC(C)=C(C(=O)OC(C)C)[C@]2(C)c1cccc2[nH]ccc12.[HH].[HH]. The average Bonchev–Trinajstić information content (AvgIpc) is 3.32. The molecule has 6 nitrogen and oxygen atoms in total. The third-order valence-electron chi connectivity index (χ3n) is 7.44. The monoisotopic (exact) mass is 488 g/mol. The number of H-pyrrole nitrogens is 1. The van der Waals surface area contributed by atoms with E-state index in [-0.39, 0.29) is 20.7 Å². The molecule has 2 aromatic carbocycles. The third-order valence-corrected chi connectivity index (χ3v) is 7.44. The van der Waals surface area contributed by atoms with Crippen LogP contribution in [0.3, 0.4) is 0 Å². The summed E-state index contributed by atoms with van der Waals surface area (Å²) in [6.45, 7) is 7.56. The molecule has 1 aromatic heterocycles. The molecule has 0 amide bonds. The number of ether oxygens (including phenoxy) is 2. The first-order valence-corrected chi connectivity index (χ1v) is 12.4. The molecule has 0 fully saturated rings. The third kappa shape index (κ3) is 3.72. The maximum absolute atomic E-state index is 14.1. The standard InChI is InChI=1S/C30H32N2O4.2H2/c1-17(2)36-29(34)27-18(3)32-24-15-19(20-9-6-7-12-26(20)35-5)16-25(33)28(24)30(27,4)22-10-8-11-23-21(22)13-14-31-23;;/h6-14,17,19,31-32H,15-16H2,1-5H3;2*1H/t19-,30+;;/m1../s1. The molecule has 0 spiro atoms. The van der Waals surface area contributed by atoms with Crippen molar-refractivity contribution in [2.75, 3.05) is 7.11 Å². The molecule has 1 aliphatic heterocycles. The van der Waals surface area contributed by atoms with Gasteiger partial charge in [0, 0.05) is 49.3 Å². The first-order chi connectivity index (χ1) is 17.3. The maximum Gasteiger partial charge on any atom is 0.337 e. The highest BCUT2D eigenvalue weighted by Gasteiger charge is 2.50. The average molecular weight is 489 g/mol. The summed E-state index contributed by atoms with van der Waals surface area (Å²) in [6.07, 6.45) is 2.59. The molecule has 6 heteroatoms. The summed E-state index contributed by atoms with van der Waals surface area (Å²) < 4.78 is 11.3. The second-order valence-corrected chi connectivity index (χ2v) is 10.1. The number of carbonyl (C=O) groups is 2. The molecule has 0 saturated carbocycles. The van der Waals surface area contributed by atoms with Gasteiger partial charge in [-0.2, -0.15) is 0 Å². The molecule has 3 aromatic rings. The Morgan fingerprint density at radius 1 is 1.11 bits per heavy atom. The number of Topliss-reactive ketones (excluding diaryl/α,β-unsaturated/α-hetero) is 1. The number of allylic oxidation sites excluding steroid dienone is 3. The number of fused-ring (bicyclic) bond motifs is 1. The van der Waals surface area contributed by atoms with Crippen LogP contribution in [0, 0.1) is 0 Å². The summed E-state index contributed by atoms with van der Waals surface area (Å²) in [5.41, 5.74) is 4.60. The van der Waals surface area contributed by atoms with Crippen LogP contribution < -0.4 is 10.1 Å². The van der Waals surface area contributed by atoms with E-state index in [1.807, 2.05) is 82.4 Å². The van der Waals surface area contributed by atoms with E-state index in [9.17, 15) is 9.59 Å². The largest absolute Gasteiger partial charge is 0.496 e. The Morgan fingerprint density at radius 3 is 2.64 bits per heavy atom. The van der Waals surface area contributed by atoms with E-state index in [1.54, 1.807) is 7.11 Å². The lowest BCUT2D eigenvalue weighted by molar-refractivity contribution is -0.143. The second kappa shape index (κ2) is 9.01. The molecule has 2 heterocycles. The van der Waals surface area contributed by atoms with Crippen molar-refractivity contribution in [3.63, 3.8) is 0 Å². The molecular weight excluding hydrogens is 452 g/mol. The minimum absolute atomic E-state index is 0. The molecular formula is C30H36N2O4. The zero-order chi connectivity index (χ0) is 25.6. The number of carbonyl (C=O) groups excluding carboxylic acids is 2. The number of dihydropyridines is 1. The molecule has 2 aliphatic rings. The lowest BCUT2D eigenvalue weighted by Gasteiger charge is -2.43. The molecule has 1 aliphatic carbocycles. The topological polar surface area (TPSA) is 80.4 Å². The van der Waals surface area contributed by atoms with Gasteiger partial charge in [0.2, 0.25) is 0 Å². The Balaban J connectivity index is 0.00000200. The Hall–Kier alpha value is -3.80. The number of benzene rings is 2. The van der Waals surface area contributed by atoms with Crippen LogP contribution in [0.25, 0.3) is 10.9 Å². The summed E-state index contributed by atoms with van der Waals surface area (Å²) in [4.78, 5) is 30.9. The number of hydrogen-bond donors (Lipinski definition) is 2. The Kier molecular flexibility index (Phi) is 5.99.